The third-order valence-electron chi connectivity index (χ3n) is 7.36. The number of hydrogen-bond donors (Lipinski definition) is 0. The Hall–Kier alpha value is -2.37. The van der Waals surface area contributed by atoms with Crippen molar-refractivity contribution in [3.8, 4) is 11.8 Å². The summed E-state index contributed by atoms with van der Waals surface area (Å²) in [6.07, 6.45) is 11.6. The summed E-state index contributed by atoms with van der Waals surface area (Å²) in [5, 5.41) is 0. The molecule has 2 aromatic rings. The Morgan fingerprint density at radius 3 is 2.53 bits per heavy atom. The van der Waals surface area contributed by atoms with Gasteiger partial charge in [-0.1, -0.05) is 36.1 Å². The Kier molecular flexibility index (Phi) is 7.82. The molecule has 4 unspecified atom stereocenters. The lowest BCUT2D eigenvalue weighted by atomic mass is 9.65. The van der Waals surface area contributed by atoms with Crippen molar-refractivity contribution in [1.29, 1.82) is 0 Å². The SMILES string of the molecule is C=CCCc1ccc(C#Cc2ccc(C3CCC4CC(OCC)CCC4C3)cc2F)cc1. The zero-order valence-corrected chi connectivity index (χ0v) is 19.3. The van der Waals surface area contributed by atoms with Gasteiger partial charge in [0.15, 0.2) is 0 Å². The monoisotopic (exact) mass is 430 g/mol. The van der Waals surface area contributed by atoms with Gasteiger partial charge < -0.3 is 4.74 Å². The van der Waals surface area contributed by atoms with Crippen LogP contribution in [0.25, 0.3) is 0 Å². The zero-order valence-electron chi connectivity index (χ0n) is 19.3. The predicted octanol–water partition coefficient (Wildman–Crippen LogP) is 7.43. The summed E-state index contributed by atoms with van der Waals surface area (Å²) in [5.41, 5.74) is 3.81. The Balaban J connectivity index is 1.38. The maximum atomic E-state index is 14.9. The first-order chi connectivity index (χ1) is 15.7. The third kappa shape index (κ3) is 5.70. The number of allylic oxidation sites excluding steroid dienone is 1. The number of rotatable bonds is 6. The molecule has 0 aromatic heterocycles. The molecule has 2 saturated carbocycles. The molecule has 0 bridgehead atoms. The summed E-state index contributed by atoms with van der Waals surface area (Å²) in [7, 11) is 0. The van der Waals surface area contributed by atoms with Crippen LogP contribution in [-0.4, -0.2) is 12.7 Å². The maximum Gasteiger partial charge on any atom is 0.139 e. The standard InChI is InChI=1S/C30H35FO/c1-3-5-6-22-7-9-23(10-8-22)11-12-24-13-14-28(21-30(24)31)25-15-16-27-20-29(32-4-2)18-17-26(27)19-25/h3,7-10,13-14,21,25-27,29H,1,4-6,15-20H2,2H3. The average molecular weight is 431 g/mol. The van der Waals surface area contributed by atoms with Crippen LogP contribution in [0.2, 0.25) is 0 Å². The molecule has 0 radical (unpaired) electrons. The van der Waals surface area contributed by atoms with E-state index >= 15 is 0 Å². The number of aryl methyl sites for hydroxylation is 1. The summed E-state index contributed by atoms with van der Waals surface area (Å²) < 4.78 is 20.7. The van der Waals surface area contributed by atoms with Crippen molar-refractivity contribution in [2.75, 3.05) is 6.61 Å². The first kappa shape index (κ1) is 22.8. The zero-order chi connectivity index (χ0) is 22.3. The molecule has 2 aliphatic carbocycles. The van der Waals surface area contributed by atoms with Crippen LogP contribution in [-0.2, 0) is 11.2 Å². The molecular formula is C30H35FO. The fraction of sp³-hybridized carbons (Fsp3) is 0.467. The second kappa shape index (κ2) is 11.0. The van der Waals surface area contributed by atoms with Crippen LogP contribution in [0.5, 0.6) is 0 Å². The van der Waals surface area contributed by atoms with E-state index in [9.17, 15) is 4.39 Å². The fourth-order valence-corrected chi connectivity index (χ4v) is 5.59. The highest BCUT2D eigenvalue weighted by Gasteiger charge is 2.36. The highest BCUT2D eigenvalue weighted by molar-refractivity contribution is 5.45. The number of benzene rings is 2. The van der Waals surface area contributed by atoms with Crippen molar-refractivity contribution in [3.05, 3.63) is 83.2 Å². The summed E-state index contributed by atoms with van der Waals surface area (Å²) >= 11 is 0. The van der Waals surface area contributed by atoms with Gasteiger partial charge >= 0.3 is 0 Å². The van der Waals surface area contributed by atoms with Crippen molar-refractivity contribution in [1.82, 2.24) is 0 Å². The van der Waals surface area contributed by atoms with Crippen molar-refractivity contribution in [2.24, 2.45) is 11.8 Å². The molecule has 0 saturated heterocycles. The van der Waals surface area contributed by atoms with Gasteiger partial charge in [-0.15, -0.1) is 6.58 Å². The molecule has 2 fully saturated rings. The van der Waals surface area contributed by atoms with Crippen LogP contribution >= 0.6 is 0 Å². The van der Waals surface area contributed by atoms with E-state index in [2.05, 4.69) is 43.5 Å². The van der Waals surface area contributed by atoms with Crippen LogP contribution < -0.4 is 0 Å². The number of fused-ring (bicyclic) bond motifs is 1. The minimum Gasteiger partial charge on any atom is -0.378 e. The molecule has 2 aromatic carbocycles. The van der Waals surface area contributed by atoms with Crippen LogP contribution in [0.4, 0.5) is 4.39 Å². The molecule has 0 N–H and O–H groups in total. The van der Waals surface area contributed by atoms with Crippen LogP contribution in [0.1, 0.15) is 80.0 Å². The molecule has 2 heteroatoms. The van der Waals surface area contributed by atoms with Crippen molar-refractivity contribution >= 4 is 0 Å². The molecule has 168 valence electrons. The first-order valence-corrected chi connectivity index (χ1v) is 12.3. The molecule has 4 rings (SSSR count). The Morgan fingerprint density at radius 1 is 1.00 bits per heavy atom. The van der Waals surface area contributed by atoms with Crippen LogP contribution in [0, 0.1) is 29.5 Å². The van der Waals surface area contributed by atoms with Gasteiger partial charge in [0.05, 0.1) is 11.7 Å². The van der Waals surface area contributed by atoms with Crippen molar-refractivity contribution in [2.45, 2.75) is 70.3 Å². The summed E-state index contributed by atoms with van der Waals surface area (Å²) in [6.45, 7) is 6.67. The molecule has 0 spiro atoms. The minimum absolute atomic E-state index is 0.195. The smallest absolute Gasteiger partial charge is 0.139 e. The second-order valence-electron chi connectivity index (χ2n) is 9.43. The molecule has 0 aliphatic heterocycles. The van der Waals surface area contributed by atoms with E-state index in [4.69, 9.17) is 4.74 Å². The van der Waals surface area contributed by atoms with Crippen LogP contribution in [0.15, 0.2) is 55.1 Å². The molecule has 0 amide bonds. The minimum atomic E-state index is -0.195. The van der Waals surface area contributed by atoms with Gasteiger partial charge in [-0.25, -0.2) is 4.39 Å². The van der Waals surface area contributed by atoms with E-state index < -0.39 is 0 Å². The second-order valence-corrected chi connectivity index (χ2v) is 9.43. The van der Waals surface area contributed by atoms with Gasteiger partial charge in [-0.05, 0) is 111 Å². The third-order valence-corrected chi connectivity index (χ3v) is 7.36. The van der Waals surface area contributed by atoms with E-state index in [1.807, 2.05) is 24.3 Å². The van der Waals surface area contributed by atoms with Crippen molar-refractivity contribution < 1.29 is 9.13 Å². The first-order valence-electron chi connectivity index (χ1n) is 12.3. The van der Waals surface area contributed by atoms with Gasteiger partial charge in [0.1, 0.15) is 5.82 Å². The molecule has 2 aliphatic rings. The number of hydrogen-bond acceptors (Lipinski definition) is 1. The molecule has 1 nitrogen and oxygen atoms in total. The lowest BCUT2D eigenvalue weighted by molar-refractivity contribution is -0.00956. The van der Waals surface area contributed by atoms with Gasteiger partial charge in [0.25, 0.3) is 0 Å². The summed E-state index contributed by atoms with van der Waals surface area (Å²) in [5.74, 6) is 7.97. The average Bonchev–Trinajstić information content (AvgIpc) is 2.82. The van der Waals surface area contributed by atoms with E-state index in [1.54, 1.807) is 6.07 Å². The fourth-order valence-electron chi connectivity index (χ4n) is 5.59. The summed E-state index contributed by atoms with van der Waals surface area (Å²) in [6, 6.07) is 13.9. The summed E-state index contributed by atoms with van der Waals surface area (Å²) in [4.78, 5) is 0. The maximum absolute atomic E-state index is 14.9. The molecule has 4 atom stereocenters. The molecule has 32 heavy (non-hydrogen) atoms. The van der Waals surface area contributed by atoms with E-state index in [1.165, 1.54) is 37.7 Å². The normalized spacial score (nSPS) is 24.8. The Morgan fingerprint density at radius 2 is 1.78 bits per heavy atom. The molecule has 0 heterocycles. The number of ether oxygens (including phenoxy) is 1. The van der Waals surface area contributed by atoms with Gasteiger partial charge in [-0.2, -0.15) is 0 Å². The lowest BCUT2D eigenvalue weighted by Crippen LogP contribution is -2.33. The highest BCUT2D eigenvalue weighted by atomic mass is 19.1. The quantitative estimate of drug-likeness (QED) is 0.342. The highest BCUT2D eigenvalue weighted by Crippen LogP contribution is 2.46. The van der Waals surface area contributed by atoms with Crippen LogP contribution in [0.3, 0.4) is 0 Å². The van der Waals surface area contributed by atoms with Gasteiger partial charge in [0.2, 0.25) is 0 Å². The topological polar surface area (TPSA) is 9.23 Å². The lowest BCUT2D eigenvalue weighted by Gasteiger charge is -2.42. The largest absolute Gasteiger partial charge is 0.378 e. The van der Waals surface area contributed by atoms with E-state index in [0.717, 1.165) is 48.8 Å². The molecular weight excluding hydrogens is 395 g/mol. The Labute approximate surface area is 193 Å². The van der Waals surface area contributed by atoms with Crippen molar-refractivity contribution in [3.63, 3.8) is 0 Å². The predicted molar refractivity (Wildman–Crippen MR) is 130 cm³/mol. The number of halogens is 1. The van der Waals surface area contributed by atoms with Gasteiger partial charge in [0, 0.05) is 12.2 Å². The van der Waals surface area contributed by atoms with E-state index in [-0.39, 0.29) is 5.82 Å². The Bertz CT molecular complexity index is 965. The van der Waals surface area contributed by atoms with Gasteiger partial charge in [-0.3, -0.25) is 0 Å². The van der Waals surface area contributed by atoms with E-state index in [0.29, 0.717) is 17.6 Å².